The molecule has 3 aromatic rings. The molecule has 0 aliphatic carbocycles. The summed E-state index contributed by atoms with van der Waals surface area (Å²) in [6, 6.07) is 7.87. The Morgan fingerprint density at radius 1 is 1.16 bits per heavy atom. The van der Waals surface area contributed by atoms with Crippen LogP contribution in [0.4, 0.5) is 18.9 Å². The first kappa shape index (κ1) is 21.2. The number of rotatable bonds is 8. The van der Waals surface area contributed by atoms with Crippen molar-refractivity contribution in [3.8, 4) is 0 Å². The largest absolute Gasteiger partial charge is 0.378 e. The topological polar surface area (TPSA) is 60.1 Å². The number of nitrogens with one attached hydrogen (secondary N) is 2. The van der Waals surface area contributed by atoms with Gasteiger partial charge in [-0.3, -0.25) is 24.3 Å². The summed E-state index contributed by atoms with van der Waals surface area (Å²) in [5, 5.41) is 11.6. The van der Waals surface area contributed by atoms with E-state index in [9.17, 15) is 13.2 Å². The Morgan fingerprint density at radius 3 is 2.78 bits per heavy atom. The Balaban J connectivity index is 1.36. The van der Waals surface area contributed by atoms with E-state index >= 15 is 0 Å². The minimum atomic E-state index is -2.41. The molecule has 0 saturated carbocycles. The summed E-state index contributed by atoms with van der Waals surface area (Å²) in [5.41, 5.74) is 4.79. The second kappa shape index (κ2) is 9.07. The molecule has 2 aliphatic heterocycles. The van der Waals surface area contributed by atoms with Crippen molar-refractivity contribution < 1.29 is 13.2 Å². The van der Waals surface area contributed by atoms with Crippen molar-refractivity contribution in [2.75, 3.05) is 44.7 Å². The number of nitrogens with zero attached hydrogens (tertiary/aromatic N) is 4. The third kappa shape index (κ3) is 4.19. The van der Waals surface area contributed by atoms with Crippen LogP contribution >= 0.6 is 0 Å². The van der Waals surface area contributed by atoms with Crippen molar-refractivity contribution in [2.24, 2.45) is 0 Å². The molecule has 170 valence electrons. The number of hydrogen-bond donors (Lipinski definition) is 2. The van der Waals surface area contributed by atoms with E-state index in [0.29, 0.717) is 25.4 Å². The van der Waals surface area contributed by atoms with Crippen LogP contribution in [-0.4, -0.2) is 76.8 Å². The number of aromatic amines is 1. The van der Waals surface area contributed by atoms with Crippen LogP contribution in [0.2, 0.25) is 0 Å². The molecule has 4 heterocycles. The second-order valence-electron chi connectivity index (χ2n) is 8.62. The highest BCUT2D eigenvalue weighted by molar-refractivity contribution is 5.83. The van der Waals surface area contributed by atoms with E-state index in [-0.39, 0.29) is 19.3 Å². The number of likely N-dealkylation sites (tertiary alicyclic amines) is 1. The van der Waals surface area contributed by atoms with Gasteiger partial charge in [0.2, 0.25) is 0 Å². The number of hydrogen-bond acceptors (Lipinski definition) is 5. The number of alkyl halides is 3. The minimum absolute atomic E-state index is 0.279. The van der Waals surface area contributed by atoms with Gasteiger partial charge in [0, 0.05) is 31.6 Å². The molecule has 0 unspecified atom stereocenters. The molecule has 1 fully saturated rings. The summed E-state index contributed by atoms with van der Waals surface area (Å²) >= 11 is 0. The van der Waals surface area contributed by atoms with Crippen molar-refractivity contribution >= 4 is 16.6 Å². The van der Waals surface area contributed by atoms with Crippen LogP contribution in [0, 0.1) is 0 Å². The Labute approximate surface area is 184 Å². The smallest absolute Gasteiger partial charge is 0.251 e. The number of aromatic nitrogens is 3. The molecule has 1 saturated heterocycles. The van der Waals surface area contributed by atoms with Crippen LogP contribution in [0.5, 0.6) is 0 Å². The van der Waals surface area contributed by atoms with Gasteiger partial charge in [-0.05, 0) is 42.2 Å². The van der Waals surface area contributed by atoms with E-state index < -0.39 is 6.43 Å². The van der Waals surface area contributed by atoms with Gasteiger partial charge in [-0.2, -0.15) is 5.10 Å². The highest BCUT2D eigenvalue weighted by Gasteiger charge is 2.32. The summed E-state index contributed by atoms with van der Waals surface area (Å²) in [7, 11) is 0. The van der Waals surface area contributed by atoms with E-state index in [2.05, 4.69) is 25.4 Å². The second-order valence-corrected chi connectivity index (χ2v) is 8.62. The minimum Gasteiger partial charge on any atom is -0.378 e. The highest BCUT2D eigenvalue weighted by atomic mass is 19.3. The first-order valence-corrected chi connectivity index (χ1v) is 11.1. The van der Waals surface area contributed by atoms with Crippen molar-refractivity contribution in [3.63, 3.8) is 0 Å². The SMILES string of the molecule is FCCCN1CC(Nc2ccc([C@@H]3c4ccc5[nH]ncc5c4CCN3CC(F)F)nc2)C1. The number of benzene rings is 1. The number of halogens is 3. The molecule has 0 spiro atoms. The molecule has 32 heavy (non-hydrogen) atoms. The molecule has 2 N–H and O–H groups in total. The highest BCUT2D eigenvalue weighted by Crippen LogP contribution is 2.37. The maximum atomic E-state index is 13.3. The van der Waals surface area contributed by atoms with Crippen LogP contribution in [-0.2, 0) is 6.42 Å². The van der Waals surface area contributed by atoms with Gasteiger partial charge >= 0.3 is 0 Å². The lowest BCUT2D eigenvalue weighted by atomic mass is 9.88. The fourth-order valence-electron chi connectivity index (χ4n) is 4.94. The molecule has 5 rings (SSSR count). The van der Waals surface area contributed by atoms with Crippen LogP contribution < -0.4 is 5.32 Å². The van der Waals surface area contributed by atoms with Crippen LogP contribution in [0.3, 0.4) is 0 Å². The lowest BCUT2D eigenvalue weighted by Crippen LogP contribution is -2.54. The van der Waals surface area contributed by atoms with Gasteiger partial charge in [-0.1, -0.05) is 6.07 Å². The van der Waals surface area contributed by atoms with E-state index in [4.69, 9.17) is 0 Å². The van der Waals surface area contributed by atoms with E-state index in [1.807, 2.05) is 35.4 Å². The van der Waals surface area contributed by atoms with Crippen molar-refractivity contribution in [2.45, 2.75) is 31.4 Å². The van der Waals surface area contributed by atoms with Gasteiger partial charge in [0.25, 0.3) is 6.43 Å². The van der Waals surface area contributed by atoms with E-state index in [0.717, 1.165) is 53.0 Å². The fourth-order valence-corrected chi connectivity index (χ4v) is 4.94. The number of fused-ring (bicyclic) bond motifs is 3. The van der Waals surface area contributed by atoms with E-state index in [1.165, 1.54) is 0 Å². The molecular formula is C23H27F3N6. The van der Waals surface area contributed by atoms with Gasteiger partial charge in [0.05, 0.1) is 54.6 Å². The van der Waals surface area contributed by atoms with Gasteiger partial charge in [0.1, 0.15) is 0 Å². The van der Waals surface area contributed by atoms with Crippen LogP contribution in [0.25, 0.3) is 10.9 Å². The third-order valence-electron chi connectivity index (χ3n) is 6.46. The maximum absolute atomic E-state index is 13.3. The summed E-state index contributed by atoms with van der Waals surface area (Å²) < 4.78 is 39.0. The first-order chi connectivity index (χ1) is 15.6. The molecule has 0 amide bonds. The van der Waals surface area contributed by atoms with Gasteiger partial charge in [-0.25, -0.2) is 8.78 Å². The summed E-state index contributed by atoms with van der Waals surface area (Å²) in [6.45, 7) is 2.55. The summed E-state index contributed by atoms with van der Waals surface area (Å²) in [4.78, 5) is 8.71. The molecule has 1 atom stereocenters. The normalized spacial score (nSPS) is 19.9. The molecule has 9 heteroatoms. The van der Waals surface area contributed by atoms with Gasteiger partial charge < -0.3 is 5.32 Å². The lowest BCUT2D eigenvalue weighted by Gasteiger charge is -2.40. The molecular weight excluding hydrogens is 417 g/mol. The Bertz CT molecular complexity index is 1050. The predicted octanol–water partition coefficient (Wildman–Crippen LogP) is 3.63. The van der Waals surface area contributed by atoms with Gasteiger partial charge in [0.15, 0.2) is 0 Å². The summed E-state index contributed by atoms with van der Waals surface area (Å²) in [5.74, 6) is 0. The molecule has 2 aromatic heterocycles. The zero-order chi connectivity index (χ0) is 22.1. The maximum Gasteiger partial charge on any atom is 0.251 e. The average Bonchev–Trinajstić information content (AvgIpc) is 3.24. The van der Waals surface area contributed by atoms with Crippen LogP contribution in [0.15, 0.2) is 36.7 Å². The number of pyridine rings is 1. The quantitative estimate of drug-likeness (QED) is 0.556. The Morgan fingerprint density at radius 2 is 2.03 bits per heavy atom. The molecule has 6 nitrogen and oxygen atoms in total. The van der Waals surface area contributed by atoms with Crippen molar-refractivity contribution in [1.29, 1.82) is 0 Å². The third-order valence-corrected chi connectivity index (χ3v) is 6.46. The summed E-state index contributed by atoms with van der Waals surface area (Å²) in [6.07, 6.45) is 2.47. The molecule has 2 aliphatic rings. The van der Waals surface area contributed by atoms with Crippen molar-refractivity contribution in [3.05, 3.63) is 53.5 Å². The molecule has 0 radical (unpaired) electrons. The lowest BCUT2D eigenvalue weighted by molar-refractivity contribution is 0.0696. The van der Waals surface area contributed by atoms with Crippen LogP contribution in [0.1, 0.15) is 29.3 Å². The van der Waals surface area contributed by atoms with E-state index in [1.54, 1.807) is 6.20 Å². The number of H-pyrrole nitrogens is 1. The molecule has 0 bridgehead atoms. The fraction of sp³-hybridized carbons (Fsp3) is 0.478. The zero-order valence-corrected chi connectivity index (χ0v) is 17.8. The van der Waals surface area contributed by atoms with Gasteiger partial charge in [-0.15, -0.1) is 0 Å². The molecule has 1 aromatic carbocycles. The average molecular weight is 445 g/mol. The zero-order valence-electron chi connectivity index (χ0n) is 17.8. The standard InChI is InChI=1S/C23H27F3N6/c24-7-1-8-31-12-16(13-31)29-15-2-4-21(27-10-15)23-18-3-5-20-19(11-28-30-20)17(18)6-9-32(23)14-22(25)26/h2-5,10-11,16,22-23,29H,1,6-9,12-14H2,(H,28,30)/t23-/m0/s1. The first-order valence-electron chi connectivity index (χ1n) is 11.1. The monoisotopic (exact) mass is 444 g/mol. The Hall–Kier alpha value is -2.65. The van der Waals surface area contributed by atoms with Crippen molar-refractivity contribution in [1.82, 2.24) is 25.0 Å². The predicted molar refractivity (Wildman–Crippen MR) is 118 cm³/mol. The Kier molecular flexibility index (Phi) is 6.01. The number of anilines is 1.